The molecular weight excluding hydrogens is 330 g/mol. The highest BCUT2D eigenvalue weighted by atomic mass is 16.6. The van der Waals surface area contributed by atoms with Gasteiger partial charge < -0.3 is 9.32 Å². The zero-order valence-corrected chi connectivity index (χ0v) is 14.7. The number of piperazine rings is 1. The van der Waals surface area contributed by atoms with Gasteiger partial charge in [-0.2, -0.15) is 0 Å². The molecule has 1 saturated heterocycles. The first-order chi connectivity index (χ1) is 12.6. The molecule has 6 heteroatoms. The minimum Gasteiger partial charge on any atom is -0.472 e. The maximum atomic E-state index is 12.0. The molecule has 4 rings (SSSR count). The summed E-state index contributed by atoms with van der Waals surface area (Å²) in [5.74, 6) is 0. The summed E-state index contributed by atoms with van der Waals surface area (Å²) in [5.41, 5.74) is 4.18. The average Bonchev–Trinajstić information content (AvgIpc) is 2.99. The summed E-state index contributed by atoms with van der Waals surface area (Å²) in [4.78, 5) is 16.4. The van der Waals surface area contributed by atoms with Crippen molar-refractivity contribution in [1.29, 1.82) is 0 Å². The van der Waals surface area contributed by atoms with Crippen LogP contribution in [0.5, 0.6) is 0 Å². The van der Waals surface area contributed by atoms with Crippen LogP contribution in [0.1, 0.15) is 5.56 Å². The highest BCUT2D eigenvalue weighted by Gasteiger charge is 2.33. The zero-order chi connectivity index (χ0) is 18.1. The normalized spacial score (nSPS) is 16.2. The van der Waals surface area contributed by atoms with E-state index in [9.17, 15) is 10.1 Å². The zero-order valence-electron chi connectivity index (χ0n) is 14.7. The van der Waals surface area contributed by atoms with Gasteiger partial charge in [0.15, 0.2) is 0 Å². The molecule has 0 unspecified atom stereocenters. The number of benzene rings is 1. The molecule has 134 valence electrons. The molecule has 0 saturated carbocycles. The van der Waals surface area contributed by atoms with Gasteiger partial charge in [0.05, 0.1) is 28.6 Å². The summed E-state index contributed by atoms with van der Waals surface area (Å²) in [6.07, 6.45) is 3.21. The van der Waals surface area contributed by atoms with Crippen LogP contribution in [0.3, 0.4) is 0 Å². The first-order valence-corrected chi connectivity index (χ1v) is 8.76. The topological polar surface area (TPSA) is 62.8 Å². The molecule has 2 aliphatic heterocycles. The van der Waals surface area contributed by atoms with E-state index in [1.54, 1.807) is 12.5 Å². The van der Waals surface area contributed by atoms with Gasteiger partial charge in [-0.05, 0) is 18.7 Å². The van der Waals surface area contributed by atoms with E-state index in [1.165, 1.54) is 0 Å². The summed E-state index contributed by atoms with van der Waals surface area (Å²) in [6.45, 7) is 4.37. The van der Waals surface area contributed by atoms with Gasteiger partial charge in [0, 0.05) is 43.9 Å². The lowest BCUT2D eigenvalue weighted by Crippen LogP contribution is -2.43. The van der Waals surface area contributed by atoms with Gasteiger partial charge in [0.25, 0.3) is 5.69 Å². The molecule has 1 aromatic rings. The molecule has 6 nitrogen and oxygen atoms in total. The van der Waals surface area contributed by atoms with Gasteiger partial charge >= 0.3 is 0 Å². The Morgan fingerprint density at radius 2 is 1.81 bits per heavy atom. The third-order valence-corrected chi connectivity index (χ3v) is 5.13. The number of hydrogen-bond donors (Lipinski definition) is 0. The first kappa shape index (κ1) is 16.8. The molecule has 0 amide bonds. The molecule has 1 aromatic carbocycles. The van der Waals surface area contributed by atoms with Crippen LogP contribution in [0.25, 0.3) is 22.3 Å². The highest BCUT2D eigenvalue weighted by molar-refractivity contribution is 5.96. The maximum Gasteiger partial charge on any atom is 0.283 e. The predicted octanol–water partition coefficient (Wildman–Crippen LogP) is 3.71. The Balaban J connectivity index is 1.84. The van der Waals surface area contributed by atoms with Crippen molar-refractivity contribution in [3.63, 3.8) is 0 Å². The third kappa shape index (κ3) is 2.98. The third-order valence-electron chi connectivity index (χ3n) is 5.13. The van der Waals surface area contributed by atoms with Crippen LogP contribution in [0.4, 0.5) is 5.69 Å². The van der Waals surface area contributed by atoms with Gasteiger partial charge in [0.1, 0.15) is 0 Å². The van der Waals surface area contributed by atoms with Crippen molar-refractivity contribution in [2.24, 2.45) is 0 Å². The summed E-state index contributed by atoms with van der Waals surface area (Å²) >= 11 is 0. The van der Waals surface area contributed by atoms with E-state index in [0.29, 0.717) is 12.1 Å². The largest absolute Gasteiger partial charge is 0.472 e. The van der Waals surface area contributed by atoms with Crippen molar-refractivity contribution < 1.29 is 9.34 Å². The molecule has 3 aliphatic rings. The van der Waals surface area contributed by atoms with Crippen LogP contribution in [0.2, 0.25) is 0 Å². The molecule has 0 N–H and O–H groups in total. The second-order valence-corrected chi connectivity index (χ2v) is 6.79. The summed E-state index contributed by atoms with van der Waals surface area (Å²) in [7, 11) is 2.10. The molecule has 0 spiro atoms. The van der Waals surface area contributed by atoms with Gasteiger partial charge in [-0.15, -0.1) is 0 Å². The van der Waals surface area contributed by atoms with Gasteiger partial charge in [0.2, 0.25) is 0 Å². The number of nitro groups is 1. The molecule has 0 atom stereocenters. The number of fused-ring (bicyclic) bond motifs is 1. The van der Waals surface area contributed by atoms with Crippen LogP contribution in [-0.2, 0) is 6.54 Å². The van der Waals surface area contributed by atoms with E-state index in [-0.39, 0.29) is 10.6 Å². The van der Waals surface area contributed by atoms with Crippen molar-refractivity contribution in [3.05, 3.63) is 64.6 Å². The molecule has 0 aromatic heterocycles. The Kier molecular flexibility index (Phi) is 4.44. The van der Waals surface area contributed by atoms with Crippen molar-refractivity contribution in [1.82, 2.24) is 9.80 Å². The van der Waals surface area contributed by atoms with Gasteiger partial charge in [-0.1, -0.05) is 30.3 Å². The fourth-order valence-electron chi connectivity index (χ4n) is 3.72. The quantitative estimate of drug-likeness (QED) is 0.530. The Labute approximate surface area is 152 Å². The van der Waals surface area contributed by atoms with Gasteiger partial charge in [-0.25, -0.2) is 0 Å². The monoisotopic (exact) mass is 351 g/mol. The Morgan fingerprint density at radius 1 is 1.08 bits per heavy atom. The Morgan fingerprint density at radius 3 is 2.50 bits per heavy atom. The number of rotatable bonds is 4. The first-order valence-electron chi connectivity index (χ1n) is 8.76. The summed E-state index contributed by atoms with van der Waals surface area (Å²) < 4.78 is 5.36. The van der Waals surface area contributed by atoms with E-state index in [2.05, 4.69) is 16.8 Å². The minimum absolute atomic E-state index is 0.200. The second-order valence-electron chi connectivity index (χ2n) is 6.79. The van der Waals surface area contributed by atoms with Crippen LogP contribution >= 0.6 is 0 Å². The maximum absolute atomic E-state index is 12.0. The predicted molar refractivity (Wildman–Crippen MR) is 100 cm³/mol. The van der Waals surface area contributed by atoms with Crippen molar-refractivity contribution in [2.75, 3.05) is 33.2 Å². The van der Waals surface area contributed by atoms with Crippen LogP contribution in [0.15, 0.2) is 53.3 Å². The molecule has 1 aliphatic carbocycles. The lowest BCUT2D eigenvalue weighted by molar-refractivity contribution is -0.384. The summed E-state index contributed by atoms with van der Waals surface area (Å²) in [5, 5.41) is 12.0. The minimum atomic E-state index is -0.242. The van der Waals surface area contributed by atoms with E-state index >= 15 is 0 Å². The number of likely N-dealkylation sites (N-methyl/N-ethyl adjacent to an activating group) is 1. The van der Waals surface area contributed by atoms with E-state index in [0.717, 1.165) is 48.4 Å². The Bertz CT molecular complexity index is 883. The molecule has 2 heterocycles. The van der Waals surface area contributed by atoms with Gasteiger partial charge in [-0.3, -0.25) is 15.0 Å². The molecule has 26 heavy (non-hydrogen) atoms. The van der Waals surface area contributed by atoms with Crippen molar-refractivity contribution >= 4 is 5.69 Å². The molecule has 1 fully saturated rings. The highest BCUT2D eigenvalue weighted by Crippen LogP contribution is 2.48. The smallest absolute Gasteiger partial charge is 0.283 e. The van der Waals surface area contributed by atoms with Crippen LogP contribution in [0, 0.1) is 10.1 Å². The second kappa shape index (κ2) is 6.90. The Hall–Kier alpha value is -2.70. The molecule has 0 bridgehead atoms. The lowest BCUT2D eigenvalue weighted by Gasteiger charge is -2.32. The fraction of sp³-hybridized carbons (Fsp3) is 0.300. The van der Waals surface area contributed by atoms with E-state index < -0.39 is 0 Å². The number of hydrogen-bond acceptors (Lipinski definition) is 5. The lowest BCUT2D eigenvalue weighted by atomic mass is 10.0. The molecular formula is C20H21N3O3. The summed E-state index contributed by atoms with van der Waals surface area (Å²) in [6, 6.07) is 11.4. The SMILES string of the molecule is CN1CCN(Cc2c3ccocc-3c(-c3ccccc3)c2[N+](=O)[O-])CC1. The van der Waals surface area contributed by atoms with Crippen molar-refractivity contribution in [2.45, 2.75) is 6.54 Å². The van der Waals surface area contributed by atoms with E-state index in [4.69, 9.17) is 4.42 Å². The average molecular weight is 351 g/mol. The standard InChI is InChI=1S/C20H21N3O3/c1-21-8-10-22(11-9-21)13-17-16-7-12-26-14-18(16)19(20(17)23(24)25)15-5-3-2-4-6-15/h2-7,12,14H,8-11,13H2,1H3. The van der Waals surface area contributed by atoms with Crippen molar-refractivity contribution in [3.8, 4) is 22.3 Å². The van der Waals surface area contributed by atoms with Crippen LogP contribution in [-0.4, -0.2) is 47.9 Å². The number of nitrogens with zero attached hydrogens (tertiary/aromatic N) is 3. The van der Waals surface area contributed by atoms with Crippen LogP contribution < -0.4 is 0 Å². The molecule has 0 radical (unpaired) electrons. The van der Waals surface area contributed by atoms with E-state index in [1.807, 2.05) is 36.4 Å². The fourth-order valence-corrected chi connectivity index (χ4v) is 3.72.